The zero-order chi connectivity index (χ0) is 51.7. The monoisotopic (exact) mass is 973 g/mol. The zero-order valence-corrected chi connectivity index (χ0v) is 39.0. The number of carboxylic acids is 2. The molecule has 0 aromatic carbocycles. The van der Waals surface area contributed by atoms with E-state index in [0.717, 1.165) is 51.9 Å². The van der Waals surface area contributed by atoms with Crippen molar-refractivity contribution in [3.05, 3.63) is 0 Å². The summed E-state index contributed by atoms with van der Waals surface area (Å²) in [6.45, 7) is 3.48. The van der Waals surface area contributed by atoms with Crippen LogP contribution in [0.25, 0.3) is 0 Å². The average molecular weight is 974 g/mol. The molecule has 1 aliphatic rings. The molecular formula is C42H71N9O17. The van der Waals surface area contributed by atoms with Crippen molar-refractivity contribution in [1.82, 2.24) is 37.2 Å². The van der Waals surface area contributed by atoms with Gasteiger partial charge in [-0.15, -0.1) is 0 Å². The first kappa shape index (κ1) is 60.0. The van der Waals surface area contributed by atoms with E-state index in [9.17, 15) is 78.3 Å². The summed E-state index contributed by atoms with van der Waals surface area (Å²) < 4.78 is 5.99. The molecule has 16 N–H and O–H groups in total. The summed E-state index contributed by atoms with van der Waals surface area (Å²) in [5, 5.41) is 66.4. The first-order chi connectivity index (χ1) is 31.9. The smallest absolute Gasteiger partial charge is 0.328 e. The molecule has 1 heterocycles. The Morgan fingerprint density at radius 3 is 1.43 bits per heavy atom. The molecule has 0 radical (unpaired) electrons. The second-order valence-electron chi connectivity index (χ2n) is 17.0. The number of nitrogens with two attached hydrogens (primary N) is 2. The Balaban J connectivity index is 3.72. The predicted octanol–water partition coefficient (Wildman–Crippen LogP) is -4.07. The molecule has 0 aromatic heterocycles. The Hall–Kier alpha value is -5.99. The number of hydrogen-bond donors (Lipinski definition) is 14. The normalized spacial score (nSPS) is 26.4. The van der Waals surface area contributed by atoms with Crippen molar-refractivity contribution in [3.63, 3.8) is 0 Å². The summed E-state index contributed by atoms with van der Waals surface area (Å²) in [7, 11) is 0. The maximum absolute atomic E-state index is 13.5. The number of carbonyl (C=O) groups is 11. The highest BCUT2D eigenvalue weighted by atomic mass is 16.5. The van der Waals surface area contributed by atoms with E-state index < -0.39 is 164 Å². The van der Waals surface area contributed by atoms with E-state index in [1.165, 1.54) is 20.3 Å². The maximum atomic E-state index is 13.5. The van der Waals surface area contributed by atoms with Gasteiger partial charge in [0.15, 0.2) is 6.04 Å². The third-order valence-electron chi connectivity index (χ3n) is 11.0. The molecule has 386 valence electrons. The number of amides is 9. The molecule has 0 aliphatic carbocycles. The van der Waals surface area contributed by atoms with Crippen LogP contribution in [0.4, 0.5) is 0 Å². The van der Waals surface area contributed by atoms with Crippen LogP contribution in [-0.4, -0.2) is 164 Å². The average Bonchev–Trinajstić information content (AvgIpc) is 3.24. The van der Waals surface area contributed by atoms with Crippen LogP contribution in [-0.2, 0) is 57.5 Å². The van der Waals surface area contributed by atoms with Gasteiger partial charge in [-0.2, -0.15) is 0 Å². The van der Waals surface area contributed by atoms with Crippen molar-refractivity contribution in [3.8, 4) is 0 Å². The van der Waals surface area contributed by atoms with E-state index in [1.54, 1.807) is 0 Å². The standard InChI is InChI=1S/C42H71N9O17/c1-5-6-7-8-9-10-11-12-13-14-15-42(4,67)29-19-32(56)46-27(20-52)39(63)45-22(2)35(59)47-26(18-33(57)58)38(62)49-24(16-30(43)54)36(60)48-25(17-31(44)55)37(61)50-28(21-53)40(64)51-34(41(65)66)23(3)68-29/h22-29,34,52-53,67H,5-21H2,1-4H3,(H2,43,54)(H2,44,55)(H,45,63)(H,46,56)(H,47,59)(H,48,60)(H,49,62)(H,50,61)(H,51,64)(H,57,58)(H,65,66)/t22-,23-,24-,25-,26-,27-,28-,29?,34-,42?/m0/s1. The van der Waals surface area contributed by atoms with Crippen molar-refractivity contribution in [2.75, 3.05) is 13.2 Å². The van der Waals surface area contributed by atoms with Crippen LogP contribution >= 0.6 is 0 Å². The topological polar surface area (TPSA) is 434 Å². The molecule has 26 heteroatoms. The van der Waals surface area contributed by atoms with Crippen LogP contribution < -0.4 is 48.7 Å². The van der Waals surface area contributed by atoms with Gasteiger partial charge < -0.3 is 79.0 Å². The quantitative estimate of drug-likeness (QED) is 0.0487. The maximum Gasteiger partial charge on any atom is 0.328 e. The van der Waals surface area contributed by atoms with E-state index in [4.69, 9.17) is 16.2 Å². The third kappa shape index (κ3) is 22.2. The summed E-state index contributed by atoms with van der Waals surface area (Å²) >= 11 is 0. The first-order valence-electron chi connectivity index (χ1n) is 22.6. The molecule has 0 bridgehead atoms. The number of rotatable bonds is 21. The number of primary amides is 2. The van der Waals surface area contributed by atoms with Gasteiger partial charge in [0.05, 0.1) is 56.7 Å². The molecule has 26 nitrogen and oxygen atoms in total. The minimum absolute atomic E-state index is 0.0284. The van der Waals surface area contributed by atoms with Crippen molar-refractivity contribution in [2.24, 2.45) is 11.5 Å². The van der Waals surface area contributed by atoms with Crippen molar-refractivity contribution in [2.45, 2.75) is 184 Å². The Bertz CT molecular complexity index is 1770. The second-order valence-corrected chi connectivity index (χ2v) is 17.0. The largest absolute Gasteiger partial charge is 0.481 e. The van der Waals surface area contributed by atoms with Crippen molar-refractivity contribution in [1.29, 1.82) is 0 Å². The van der Waals surface area contributed by atoms with Gasteiger partial charge in [0.1, 0.15) is 36.3 Å². The lowest BCUT2D eigenvalue weighted by Crippen LogP contribution is -2.61. The molecule has 1 fully saturated rings. The van der Waals surface area contributed by atoms with Gasteiger partial charge in [0.2, 0.25) is 53.2 Å². The lowest BCUT2D eigenvalue weighted by atomic mass is 9.89. The molecule has 0 spiro atoms. The highest BCUT2D eigenvalue weighted by Crippen LogP contribution is 2.26. The summed E-state index contributed by atoms with van der Waals surface area (Å²) in [4.78, 5) is 142. The van der Waals surface area contributed by atoms with Crippen LogP contribution in [0.1, 0.15) is 124 Å². The number of unbranched alkanes of at least 4 members (excludes halogenated alkanes) is 9. The number of nitrogens with one attached hydrogen (secondary N) is 7. The number of carbonyl (C=O) groups excluding carboxylic acids is 9. The van der Waals surface area contributed by atoms with Crippen molar-refractivity contribution < 1.29 is 83.0 Å². The van der Waals surface area contributed by atoms with E-state index in [0.29, 0.717) is 12.8 Å². The fraction of sp³-hybridized carbons (Fsp3) is 0.738. The van der Waals surface area contributed by atoms with Gasteiger partial charge in [0, 0.05) is 0 Å². The molecule has 0 saturated carbocycles. The van der Waals surface area contributed by atoms with Crippen molar-refractivity contribution >= 4 is 65.1 Å². The zero-order valence-electron chi connectivity index (χ0n) is 39.0. The highest BCUT2D eigenvalue weighted by molar-refractivity contribution is 6.00. The van der Waals surface area contributed by atoms with Gasteiger partial charge in [-0.3, -0.25) is 47.9 Å². The minimum atomic E-state index is -2.02. The molecule has 2 unspecified atom stereocenters. The van der Waals surface area contributed by atoms with E-state index in [2.05, 4.69) is 28.2 Å². The van der Waals surface area contributed by atoms with E-state index >= 15 is 0 Å². The Kier molecular flexibility index (Phi) is 26.8. The summed E-state index contributed by atoms with van der Waals surface area (Å²) in [6.07, 6.45) is 2.61. The molecule has 0 aromatic rings. The van der Waals surface area contributed by atoms with Gasteiger partial charge >= 0.3 is 11.9 Å². The fourth-order valence-electron chi connectivity index (χ4n) is 7.03. The lowest BCUT2D eigenvalue weighted by Gasteiger charge is -2.36. The molecule has 68 heavy (non-hydrogen) atoms. The minimum Gasteiger partial charge on any atom is -0.481 e. The van der Waals surface area contributed by atoms with E-state index in [-0.39, 0.29) is 6.42 Å². The highest BCUT2D eigenvalue weighted by Gasteiger charge is 2.41. The molecule has 10 atom stereocenters. The second kappa shape index (κ2) is 30.4. The van der Waals surface area contributed by atoms with Crippen LogP contribution in [0.3, 0.4) is 0 Å². The number of aliphatic hydroxyl groups is 3. The molecule has 1 rings (SSSR count). The lowest BCUT2D eigenvalue weighted by molar-refractivity contribution is -0.162. The van der Waals surface area contributed by atoms with Crippen LogP contribution in [0.15, 0.2) is 0 Å². The Labute approximate surface area is 393 Å². The number of aliphatic hydroxyl groups excluding tert-OH is 2. The third-order valence-corrected chi connectivity index (χ3v) is 11.0. The first-order valence-corrected chi connectivity index (χ1v) is 22.6. The Morgan fingerprint density at radius 1 is 0.588 bits per heavy atom. The van der Waals surface area contributed by atoms with Crippen LogP contribution in [0.2, 0.25) is 0 Å². The van der Waals surface area contributed by atoms with Gasteiger partial charge in [-0.05, 0) is 27.2 Å². The number of hydrogen-bond acceptors (Lipinski definition) is 15. The molecular weight excluding hydrogens is 903 g/mol. The molecule has 9 amide bonds. The number of ether oxygens (including phenoxy) is 1. The summed E-state index contributed by atoms with van der Waals surface area (Å²) in [5.74, 6) is -14.7. The van der Waals surface area contributed by atoms with E-state index in [1.807, 2.05) is 16.0 Å². The van der Waals surface area contributed by atoms with Gasteiger partial charge in [-0.25, -0.2) is 4.79 Å². The SMILES string of the molecule is CCCCCCCCCCCCC(C)(O)C1CC(=O)N[C@@H](CO)C(=O)N[C@@H](C)C(=O)N[C@@H](CC(=O)O)C(=O)N[C@@H](CC(N)=O)C(=O)N[C@@H](CC(N)=O)C(=O)N[C@@H](CO)C(=O)N[C@H](C(=O)O)[C@H](C)O1. The van der Waals surface area contributed by atoms with Crippen LogP contribution in [0, 0.1) is 0 Å². The number of carboxylic acid groups (broad SMARTS) is 2. The Morgan fingerprint density at radius 2 is 0.985 bits per heavy atom. The summed E-state index contributed by atoms with van der Waals surface area (Å²) in [6, 6.07) is -13.4. The molecule has 1 aliphatic heterocycles. The van der Waals surface area contributed by atoms with Gasteiger partial charge in [0.25, 0.3) is 0 Å². The van der Waals surface area contributed by atoms with Gasteiger partial charge in [-0.1, -0.05) is 71.1 Å². The predicted molar refractivity (Wildman–Crippen MR) is 237 cm³/mol. The number of aliphatic carboxylic acids is 2. The molecule has 1 saturated heterocycles. The fourth-order valence-corrected chi connectivity index (χ4v) is 7.03. The summed E-state index contributed by atoms with van der Waals surface area (Å²) in [5.41, 5.74) is 8.66. The van der Waals surface area contributed by atoms with Crippen LogP contribution in [0.5, 0.6) is 0 Å².